The van der Waals surface area contributed by atoms with E-state index < -0.39 is 0 Å². The second-order valence-electron chi connectivity index (χ2n) is 9.55. The van der Waals surface area contributed by atoms with Gasteiger partial charge in [-0.1, -0.05) is 66.5 Å². The zero-order chi connectivity index (χ0) is 24.7. The summed E-state index contributed by atoms with van der Waals surface area (Å²) in [6.45, 7) is 13.4. The predicted molar refractivity (Wildman–Crippen MR) is 147 cm³/mol. The first-order valence-corrected chi connectivity index (χ1v) is 13.7. The Labute approximate surface area is 224 Å². The fraction of sp³-hybridized carbons (Fsp3) is 0.500. The Kier molecular flexibility index (Phi) is 11.6. The molecule has 0 N–H and O–H groups in total. The van der Waals surface area contributed by atoms with Gasteiger partial charge in [-0.2, -0.15) is 0 Å². The van der Waals surface area contributed by atoms with Crippen molar-refractivity contribution in [2.75, 3.05) is 0 Å². The van der Waals surface area contributed by atoms with E-state index in [1.165, 1.54) is 38.1 Å². The number of hydrogen-bond acceptors (Lipinski definition) is 0. The van der Waals surface area contributed by atoms with Crippen LogP contribution in [-0.2, 0) is 42.2 Å². The third-order valence-corrected chi connectivity index (χ3v) is 7.40. The van der Waals surface area contributed by atoms with Crippen LogP contribution < -0.4 is 0 Å². The Balaban J connectivity index is 0.00000432. The molecule has 35 heavy (non-hydrogen) atoms. The van der Waals surface area contributed by atoms with E-state index in [0.29, 0.717) is 0 Å². The summed E-state index contributed by atoms with van der Waals surface area (Å²) in [5.74, 6) is 0. The standard InChI is InChI=1S/C32H44N2.Ni/c1-7-13-15-29-30(16-14-8-2)32(28-20-18-24(10-4)26(12-6)22-28)34(33)31(29)27-19-17-23(9-3)25(11-5)21-27;/h17-22H,7-16H2,1-6H3;. The Morgan fingerprint density at radius 1 is 0.571 bits per heavy atom. The smallest absolute Gasteiger partial charge is 0.211 e. The van der Waals surface area contributed by atoms with E-state index in [1.807, 2.05) is 0 Å². The number of unbranched alkanes of at least 4 members (excludes halogenated alkanes) is 2. The molecular formula is C32H44N2Ni. The van der Waals surface area contributed by atoms with Crippen LogP contribution in [-0.4, -0.2) is 4.70 Å². The predicted octanol–water partition coefficient (Wildman–Crippen LogP) is 9.48. The van der Waals surface area contributed by atoms with Crippen molar-refractivity contribution in [2.45, 2.75) is 106 Å². The van der Waals surface area contributed by atoms with Gasteiger partial charge in [0.25, 0.3) is 0 Å². The number of aryl methyl sites for hydroxylation is 4. The molecule has 0 saturated heterocycles. The third-order valence-electron chi connectivity index (χ3n) is 7.40. The number of hydrogen-bond donors (Lipinski definition) is 0. The van der Waals surface area contributed by atoms with Gasteiger partial charge < -0.3 is 5.53 Å². The molecule has 0 radical (unpaired) electrons. The van der Waals surface area contributed by atoms with Gasteiger partial charge in [0, 0.05) is 38.8 Å². The minimum atomic E-state index is 0. The van der Waals surface area contributed by atoms with Crippen LogP contribution in [0.1, 0.15) is 113 Å². The molecule has 0 spiro atoms. The molecule has 1 heterocycles. The van der Waals surface area contributed by atoms with E-state index in [2.05, 4.69) is 77.9 Å². The molecule has 1 aliphatic rings. The molecule has 1 aliphatic heterocycles. The zero-order valence-corrected chi connectivity index (χ0v) is 23.7. The van der Waals surface area contributed by atoms with Gasteiger partial charge >= 0.3 is 0 Å². The largest absolute Gasteiger partial charge is 0.493 e. The van der Waals surface area contributed by atoms with Crippen molar-refractivity contribution in [3.63, 3.8) is 0 Å². The fourth-order valence-electron chi connectivity index (χ4n) is 5.39. The van der Waals surface area contributed by atoms with E-state index in [0.717, 1.165) is 86.7 Å². The Hall–Kier alpha value is -1.99. The average molecular weight is 515 g/mol. The van der Waals surface area contributed by atoms with Gasteiger partial charge in [0.15, 0.2) is 0 Å². The Bertz CT molecular complexity index is 1010. The van der Waals surface area contributed by atoms with Crippen LogP contribution in [0.3, 0.4) is 0 Å². The minimum Gasteiger partial charge on any atom is -0.493 e. The topological polar surface area (TPSA) is 25.3 Å². The van der Waals surface area contributed by atoms with Crippen LogP contribution in [0.25, 0.3) is 16.9 Å². The molecule has 0 saturated carbocycles. The van der Waals surface area contributed by atoms with Gasteiger partial charge in [0.1, 0.15) is 0 Å². The summed E-state index contributed by atoms with van der Waals surface area (Å²) in [7, 11) is 0. The zero-order valence-electron chi connectivity index (χ0n) is 22.7. The normalized spacial score (nSPS) is 13.6. The van der Waals surface area contributed by atoms with Crippen LogP contribution in [0.15, 0.2) is 47.5 Å². The van der Waals surface area contributed by atoms with Crippen LogP contribution in [0.4, 0.5) is 0 Å². The summed E-state index contributed by atoms with van der Waals surface area (Å²) in [6, 6.07) is 13.6. The van der Waals surface area contributed by atoms with Crippen molar-refractivity contribution in [3.05, 3.63) is 86.5 Å². The van der Waals surface area contributed by atoms with E-state index in [9.17, 15) is 5.53 Å². The van der Waals surface area contributed by atoms with Gasteiger partial charge in [-0.3, -0.25) is 0 Å². The van der Waals surface area contributed by atoms with Crippen molar-refractivity contribution < 1.29 is 21.2 Å². The molecule has 0 atom stereocenters. The first kappa shape index (κ1) is 29.2. The van der Waals surface area contributed by atoms with Gasteiger partial charge in [-0.15, -0.1) is 0 Å². The second-order valence-corrected chi connectivity index (χ2v) is 9.55. The van der Waals surface area contributed by atoms with Crippen molar-refractivity contribution >= 4 is 11.4 Å². The summed E-state index contributed by atoms with van der Waals surface area (Å²) in [5, 5.41) is 0. The van der Waals surface area contributed by atoms with Gasteiger partial charge in [-0.05, 0) is 97.9 Å². The molecule has 2 aromatic rings. The number of benzene rings is 2. The van der Waals surface area contributed by atoms with Crippen molar-refractivity contribution in [2.24, 2.45) is 0 Å². The van der Waals surface area contributed by atoms with E-state index >= 15 is 0 Å². The third kappa shape index (κ3) is 6.23. The molecule has 0 fully saturated rings. The molecule has 3 heteroatoms. The van der Waals surface area contributed by atoms with Crippen LogP contribution in [0.5, 0.6) is 0 Å². The summed E-state index contributed by atoms with van der Waals surface area (Å²) in [6.07, 6.45) is 10.7. The molecule has 0 aromatic heterocycles. The summed E-state index contributed by atoms with van der Waals surface area (Å²) < 4.78 is 1.54. The van der Waals surface area contributed by atoms with Crippen LogP contribution in [0.2, 0.25) is 0 Å². The Morgan fingerprint density at radius 2 is 0.943 bits per heavy atom. The first-order valence-electron chi connectivity index (χ1n) is 13.7. The van der Waals surface area contributed by atoms with Crippen molar-refractivity contribution in [1.82, 2.24) is 0 Å². The molecule has 0 amide bonds. The van der Waals surface area contributed by atoms with Gasteiger partial charge in [0.05, 0.1) is 0 Å². The fourth-order valence-corrected chi connectivity index (χ4v) is 5.39. The molecule has 0 unspecified atom stereocenters. The molecule has 2 nitrogen and oxygen atoms in total. The van der Waals surface area contributed by atoms with E-state index in [1.54, 1.807) is 0 Å². The molecule has 2 aromatic carbocycles. The number of allylic oxidation sites excluding steroid dienone is 2. The quantitative estimate of drug-likeness (QED) is 0.199. The maximum atomic E-state index is 11.8. The molecule has 3 rings (SSSR count). The molecule has 0 bridgehead atoms. The molecule has 192 valence electrons. The SMILES string of the molecule is CCCCC1=C(c2ccc(CC)c(CC)c2)[N+](=[N-])C(c2ccc(CC)c(CC)c2)=C1CCCC.[Ni]. The van der Waals surface area contributed by atoms with Crippen LogP contribution in [0, 0.1) is 0 Å². The number of nitrogens with zero attached hydrogens (tertiary/aromatic N) is 2. The second kappa shape index (κ2) is 13.9. The van der Waals surface area contributed by atoms with Gasteiger partial charge in [-0.25, -0.2) is 4.70 Å². The van der Waals surface area contributed by atoms with Crippen molar-refractivity contribution in [1.29, 1.82) is 0 Å². The Morgan fingerprint density at radius 3 is 1.26 bits per heavy atom. The average Bonchev–Trinajstić information content (AvgIpc) is 3.15. The minimum absolute atomic E-state index is 0. The number of rotatable bonds is 12. The van der Waals surface area contributed by atoms with E-state index in [-0.39, 0.29) is 16.5 Å². The van der Waals surface area contributed by atoms with Crippen molar-refractivity contribution in [3.8, 4) is 0 Å². The summed E-state index contributed by atoms with van der Waals surface area (Å²) in [5.41, 5.74) is 24.4. The first-order chi connectivity index (χ1) is 16.5. The molecular weight excluding hydrogens is 471 g/mol. The van der Waals surface area contributed by atoms with E-state index in [4.69, 9.17) is 0 Å². The van der Waals surface area contributed by atoms with Crippen LogP contribution >= 0.6 is 0 Å². The van der Waals surface area contributed by atoms with Gasteiger partial charge in [0.2, 0.25) is 11.4 Å². The molecule has 0 aliphatic carbocycles. The monoisotopic (exact) mass is 514 g/mol. The summed E-state index contributed by atoms with van der Waals surface area (Å²) in [4.78, 5) is 0. The maximum Gasteiger partial charge on any atom is 0.211 e. The maximum absolute atomic E-state index is 11.8. The summed E-state index contributed by atoms with van der Waals surface area (Å²) >= 11 is 0.